The first kappa shape index (κ1) is 18.7. The van der Waals surface area contributed by atoms with Crippen LogP contribution < -0.4 is 0 Å². The van der Waals surface area contributed by atoms with Gasteiger partial charge in [-0.25, -0.2) is 9.59 Å². The minimum Gasteiger partial charge on any atom is -0.464 e. The molecule has 0 radical (unpaired) electrons. The summed E-state index contributed by atoms with van der Waals surface area (Å²) < 4.78 is 9.89. The van der Waals surface area contributed by atoms with Gasteiger partial charge < -0.3 is 29.7 Å². The number of piperidine rings is 1. The lowest BCUT2D eigenvalue weighted by molar-refractivity contribution is -0.219. The molecule has 1 aliphatic heterocycles. The van der Waals surface area contributed by atoms with E-state index >= 15 is 0 Å². The Morgan fingerprint density at radius 2 is 1.86 bits per heavy atom. The van der Waals surface area contributed by atoms with Gasteiger partial charge in [0.25, 0.3) is 0 Å². The highest BCUT2D eigenvalue weighted by Crippen LogP contribution is 2.30. The first-order chi connectivity index (χ1) is 9.95. The molecule has 0 bridgehead atoms. The molecule has 0 aromatic rings. The molecule has 8 nitrogen and oxygen atoms in total. The number of aliphatic hydroxyl groups is 3. The lowest BCUT2D eigenvalue weighted by atomic mass is 9.82. The van der Waals surface area contributed by atoms with E-state index < -0.39 is 41.5 Å². The predicted molar refractivity (Wildman–Crippen MR) is 76.0 cm³/mol. The molecule has 1 aliphatic rings. The number of carbonyl (C=O) groups is 2. The van der Waals surface area contributed by atoms with E-state index in [0.29, 0.717) is 0 Å². The van der Waals surface area contributed by atoms with Gasteiger partial charge in [-0.3, -0.25) is 0 Å². The Bertz CT molecular complexity index is 433. The molecule has 1 fully saturated rings. The van der Waals surface area contributed by atoms with Crippen LogP contribution >= 0.6 is 0 Å². The highest BCUT2D eigenvalue weighted by molar-refractivity contribution is 5.82. The summed E-state index contributed by atoms with van der Waals surface area (Å²) in [5, 5.41) is 30.6. The number of amides is 1. The van der Waals surface area contributed by atoms with Crippen molar-refractivity contribution in [2.75, 3.05) is 13.2 Å². The summed E-state index contributed by atoms with van der Waals surface area (Å²) in [7, 11) is 0. The normalized spacial score (nSPS) is 32.5. The van der Waals surface area contributed by atoms with Crippen LogP contribution in [0.2, 0.25) is 0 Å². The average Bonchev–Trinajstić information content (AvgIpc) is 2.38. The summed E-state index contributed by atoms with van der Waals surface area (Å²) in [4.78, 5) is 25.0. The number of aliphatic hydroxyl groups excluding tert-OH is 2. The van der Waals surface area contributed by atoms with Crippen molar-refractivity contribution in [1.29, 1.82) is 0 Å². The number of ether oxygens (including phenoxy) is 2. The Kier molecular flexibility index (Phi) is 5.42. The van der Waals surface area contributed by atoms with Gasteiger partial charge in [0.05, 0.1) is 19.2 Å². The lowest BCUT2D eigenvalue weighted by Crippen LogP contribution is -2.72. The molecule has 0 aliphatic carbocycles. The molecular weight excluding hydrogens is 294 g/mol. The van der Waals surface area contributed by atoms with Crippen molar-refractivity contribution in [2.24, 2.45) is 0 Å². The second kappa shape index (κ2) is 6.39. The lowest BCUT2D eigenvalue weighted by Gasteiger charge is -2.47. The quantitative estimate of drug-likeness (QED) is 0.595. The van der Waals surface area contributed by atoms with Crippen LogP contribution in [0, 0.1) is 0 Å². The molecule has 1 amide bonds. The van der Waals surface area contributed by atoms with Crippen LogP contribution in [0.1, 0.15) is 34.6 Å². The number of carbonyl (C=O) groups excluding carboxylic acids is 2. The minimum atomic E-state index is -2.48. The van der Waals surface area contributed by atoms with Gasteiger partial charge in [-0.05, 0) is 34.6 Å². The summed E-state index contributed by atoms with van der Waals surface area (Å²) in [6, 6.07) is -0.937. The largest absolute Gasteiger partial charge is 0.464 e. The van der Waals surface area contributed by atoms with Crippen LogP contribution in [0.3, 0.4) is 0 Å². The highest BCUT2D eigenvalue weighted by Gasteiger charge is 2.58. The molecule has 0 spiro atoms. The Hall–Kier alpha value is -1.38. The Morgan fingerprint density at radius 1 is 1.32 bits per heavy atom. The number of nitrogens with zero attached hydrogens (tertiary/aromatic N) is 1. The van der Waals surface area contributed by atoms with E-state index in [0.717, 1.165) is 4.90 Å². The molecule has 0 aromatic carbocycles. The van der Waals surface area contributed by atoms with E-state index in [9.17, 15) is 24.9 Å². The maximum Gasteiger partial charge on any atom is 0.410 e. The van der Waals surface area contributed by atoms with E-state index in [-0.39, 0.29) is 13.2 Å². The smallest absolute Gasteiger partial charge is 0.410 e. The second-order valence-corrected chi connectivity index (χ2v) is 6.38. The first-order valence-electron chi connectivity index (χ1n) is 7.20. The van der Waals surface area contributed by atoms with E-state index in [1.54, 1.807) is 27.7 Å². The topological polar surface area (TPSA) is 117 Å². The predicted octanol–water partition coefficient (Wildman–Crippen LogP) is -0.358. The Balaban J connectivity index is 2.98. The van der Waals surface area contributed by atoms with Crippen molar-refractivity contribution in [3.05, 3.63) is 0 Å². The summed E-state index contributed by atoms with van der Waals surface area (Å²) in [5.41, 5.74) is -3.23. The molecule has 22 heavy (non-hydrogen) atoms. The van der Waals surface area contributed by atoms with Crippen molar-refractivity contribution >= 4 is 12.1 Å². The van der Waals surface area contributed by atoms with Gasteiger partial charge in [-0.2, -0.15) is 0 Å². The molecule has 4 atom stereocenters. The van der Waals surface area contributed by atoms with Gasteiger partial charge in [-0.1, -0.05) is 0 Å². The molecule has 1 saturated heterocycles. The molecule has 1 heterocycles. The summed E-state index contributed by atoms with van der Waals surface area (Å²) in [5.74, 6) is -1.12. The number of likely N-dealkylation sites (tertiary alicyclic amines) is 1. The molecule has 0 aromatic heterocycles. The number of hydrogen-bond donors (Lipinski definition) is 3. The molecule has 0 unspecified atom stereocenters. The number of β-amino-alcohol motifs (C(OH)–C–C–N with tert-alkyl or cyclic N) is 1. The monoisotopic (exact) mass is 319 g/mol. The maximum absolute atomic E-state index is 12.1. The van der Waals surface area contributed by atoms with Crippen molar-refractivity contribution in [3.8, 4) is 0 Å². The zero-order chi connectivity index (χ0) is 17.3. The van der Waals surface area contributed by atoms with Crippen molar-refractivity contribution < 1.29 is 34.4 Å². The summed E-state index contributed by atoms with van der Waals surface area (Å²) in [6.45, 7) is 7.67. The van der Waals surface area contributed by atoms with Crippen LogP contribution in [-0.4, -0.2) is 74.9 Å². The fourth-order valence-electron chi connectivity index (χ4n) is 2.29. The van der Waals surface area contributed by atoms with Gasteiger partial charge in [0.15, 0.2) is 0 Å². The van der Waals surface area contributed by atoms with Crippen LogP contribution in [0.5, 0.6) is 0 Å². The molecule has 3 N–H and O–H groups in total. The Morgan fingerprint density at radius 3 is 2.32 bits per heavy atom. The number of rotatable bonds is 2. The van der Waals surface area contributed by atoms with E-state index in [1.807, 2.05) is 0 Å². The van der Waals surface area contributed by atoms with Gasteiger partial charge in [-0.15, -0.1) is 0 Å². The zero-order valence-corrected chi connectivity index (χ0v) is 13.6. The van der Waals surface area contributed by atoms with Crippen LogP contribution in [-0.2, 0) is 14.3 Å². The molecular formula is C14H25NO7. The van der Waals surface area contributed by atoms with Crippen molar-refractivity contribution in [3.63, 3.8) is 0 Å². The zero-order valence-electron chi connectivity index (χ0n) is 13.6. The first-order valence-corrected chi connectivity index (χ1v) is 7.20. The third kappa shape index (κ3) is 3.50. The van der Waals surface area contributed by atoms with Gasteiger partial charge >= 0.3 is 12.1 Å². The Labute approximate surface area is 129 Å². The fraction of sp³-hybridized carbons (Fsp3) is 0.857. The molecule has 1 rings (SSSR count). The second-order valence-electron chi connectivity index (χ2n) is 6.38. The van der Waals surface area contributed by atoms with Crippen LogP contribution in [0.25, 0.3) is 0 Å². The van der Waals surface area contributed by atoms with Crippen molar-refractivity contribution in [1.82, 2.24) is 4.90 Å². The van der Waals surface area contributed by atoms with Crippen LogP contribution in [0.15, 0.2) is 0 Å². The van der Waals surface area contributed by atoms with Crippen LogP contribution in [0.4, 0.5) is 4.79 Å². The standard InChI is InChI=1S/C14H25NO7/c1-6-21-11(18)14(20)9(16)7-15(8(2)10(14)17)12(19)22-13(3,4)5/h8-10,16-17,20H,6-7H2,1-5H3/t8-,9-,10-,14-/m0/s1. The summed E-state index contributed by atoms with van der Waals surface area (Å²) in [6.07, 6.45) is -4.14. The molecule has 128 valence electrons. The van der Waals surface area contributed by atoms with E-state index in [4.69, 9.17) is 9.47 Å². The third-order valence-electron chi connectivity index (χ3n) is 3.51. The van der Waals surface area contributed by atoms with Gasteiger partial charge in [0.2, 0.25) is 5.60 Å². The SMILES string of the molecule is CCOC(=O)[C@]1(O)[C@@H](O)CN(C(=O)OC(C)(C)C)[C@@H](C)[C@@H]1O. The van der Waals surface area contributed by atoms with Gasteiger partial charge in [0.1, 0.15) is 17.8 Å². The highest BCUT2D eigenvalue weighted by atomic mass is 16.6. The van der Waals surface area contributed by atoms with Gasteiger partial charge in [0, 0.05) is 0 Å². The number of esters is 1. The maximum atomic E-state index is 12.1. The average molecular weight is 319 g/mol. The van der Waals surface area contributed by atoms with Crippen molar-refractivity contribution in [2.45, 2.75) is 64.1 Å². The number of hydrogen-bond acceptors (Lipinski definition) is 7. The molecule has 0 saturated carbocycles. The van der Waals surface area contributed by atoms with E-state index in [1.165, 1.54) is 6.92 Å². The van der Waals surface area contributed by atoms with E-state index in [2.05, 4.69) is 0 Å². The minimum absolute atomic E-state index is 0.00918. The summed E-state index contributed by atoms with van der Waals surface area (Å²) >= 11 is 0. The third-order valence-corrected chi connectivity index (χ3v) is 3.51. The fourth-order valence-corrected chi connectivity index (χ4v) is 2.29. The molecule has 8 heteroatoms.